The van der Waals surface area contributed by atoms with E-state index < -0.39 is 11.8 Å². The fourth-order valence-electron chi connectivity index (χ4n) is 2.93. The van der Waals surface area contributed by atoms with Crippen LogP contribution in [0.4, 0.5) is 5.69 Å². The van der Waals surface area contributed by atoms with Crippen LogP contribution in [0, 0.1) is 29.9 Å². The number of nitrogens with one attached hydrogen (secondary N) is 2. The number of nitriles is 1. The lowest BCUT2D eigenvalue weighted by Gasteiger charge is -2.16. The summed E-state index contributed by atoms with van der Waals surface area (Å²) < 4.78 is 1.26. The summed E-state index contributed by atoms with van der Waals surface area (Å²) >= 11 is 11.3. The van der Waals surface area contributed by atoms with Crippen LogP contribution in [0.3, 0.4) is 0 Å². The minimum absolute atomic E-state index is 0.0829. The number of pyridine rings is 1. The van der Waals surface area contributed by atoms with Gasteiger partial charge in [0.15, 0.2) is 16.8 Å². The zero-order chi connectivity index (χ0) is 22.7. The van der Waals surface area contributed by atoms with Gasteiger partial charge >= 0.3 is 0 Å². The molecule has 0 saturated heterocycles. The molecule has 0 aliphatic carbocycles. The molecule has 0 bridgehead atoms. The van der Waals surface area contributed by atoms with Crippen molar-refractivity contribution in [3.63, 3.8) is 0 Å². The van der Waals surface area contributed by atoms with Gasteiger partial charge in [-0.1, -0.05) is 11.6 Å². The Balaban J connectivity index is 2.05. The molecule has 31 heavy (non-hydrogen) atoms. The Hall–Kier alpha value is -3.41. The molecule has 1 aromatic carbocycles. The van der Waals surface area contributed by atoms with Crippen molar-refractivity contribution in [3.8, 4) is 11.9 Å². The van der Waals surface area contributed by atoms with Crippen LogP contribution in [-0.2, 0) is 0 Å². The summed E-state index contributed by atoms with van der Waals surface area (Å²) in [4.78, 5) is 30.1. The quantitative estimate of drug-likeness (QED) is 0.610. The summed E-state index contributed by atoms with van der Waals surface area (Å²) in [5.41, 5.74) is 1.42. The molecular weight excluding hydrogens is 439 g/mol. The Morgan fingerprint density at radius 3 is 2.65 bits per heavy atom. The van der Waals surface area contributed by atoms with Crippen molar-refractivity contribution >= 4 is 29.1 Å². The third-order valence-electron chi connectivity index (χ3n) is 4.23. The molecule has 0 unspecified atom stereocenters. The van der Waals surface area contributed by atoms with E-state index in [0.29, 0.717) is 16.1 Å². The smallest absolute Gasteiger partial charge is 0.274 e. The van der Waals surface area contributed by atoms with E-state index in [9.17, 15) is 14.9 Å². The largest absolute Gasteiger partial charge is 0.350 e. The van der Waals surface area contributed by atoms with Gasteiger partial charge in [0.05, 0.1) is 22.9 Å². The Morgan fingerprint density at radius 2 is 2.00 bits per heavy atom. The lowest BCUT2D eigenvalue weighted by atomic mass is 10.0. The summed E-state index contributed by atoms with van der Waals surface area (Å²) in [7, 11) is 0. The number of amides is 2. The number of aryl methyl sites for hydroxylation is 1. The van der Waals surface area contributed by atoms with Crippen LogP contribution in [0.15, 0.2) is 36.5 Å². The van der Waals surface area contributed by atoms with E-state index in [2.05, 4.69) is 20.7 Å². The first-order chi connectivity index (χ1) is 14.7. The molecule has 10 heteroatoms. The molecule has 0 aliphatic rings. The van der Waals surface area contributed by atoms with Crippen LogP contribution >= 0.6 is 11.6 Å². The average Bonchev–Trinajstić information content (AvgIpc) is 3.10. The van der Waals surface area contributed by atoms with Crippen LogP contribution in [0.25, 0.3) is 5.82 Å². The maximum Gasteiger partial charge on any atom is 0.274 e. The highest BCUT2D eigenvalue weighted by atomic mass is 35.5. The molecule has 0 aliphatic heterocycles. The van der Waals surface area contributed by atoms with E-state index in [1.807, 2.05) is 19.9 Å². The number of anilines is 1. The first-order valence-corrected chi connectivity index (χ1v) is 10.0. The zero-order valence-corrected chi connectivity index (χ0v) is 18.5. The number of hydrogen-bond donors (Lipinski definition) is 2. The van der Waals surface area contributed by atoms with Crippen molar-refractivity contribution in [2.45, 2.75) is 26.8 Å². The van der Waals surface area contributed by atoms with Gasteiger partial charge in [0.2, 0.25) is 5.82 Å². The molecule has 2 aromatic heterocycles. The van der Waals surface area contributed by atoms with Crippen LogP contribution in [-0.4, -0.2) is 32.6 Å². The van der Waals surface area contributed by atoms with Gasteiger partial charge in [-0.3, -0.25) is 9.59 Å². The zero-order valence-electron chi connectivity index (χ0n) is 16.9. The lowest BCUT2D eigenvalue weighted by molar-refractivity contribution is -0.289. The molecule has 0 radical (unpaired) electrons. The summed E-state index contributed by atoms with van der Waals surface area (Å²) in [5.74, 6) is -0.690. The summed E-state index contributed by atoms with van der Waals surface area (Å²) in [6.45, 7) is 5.33. The molecule has 0 spiro atoms. The summed E-state index contributed by atoms with van der Waals surface area (Å²) in [6.07, 6.45) is 1.53. The second-order valence-corrected chi connectivity index (χ2v) is 7.83. The van der Waals surface area contributed by atoms with Crippen molar-refractivity contribution in [3.05, 3.63) is 69.1 Å². The fraction of sp³-hybridized carbons (Fsp3) is 0.190. The third kappa shape index (κ3) is 4.85. The Labute approximate surface area is 188 Å². The Bertz CT molecular complexity index is 1210. The molecule has 2 N–H and O–H groups in total. The number of rotatable bonds is 5. The average molecular weight is 458 g/mol. The van der Waals surface area contributed by atoms with Crippen molar-refractivity contribution in [2.24, 2.45) is 0 Å². The predicted molar refractivity (Wildman–Crippen MR) is 113 cm³/mol. The maximum absolute atomic E-state index is 13.1. The number of halogens is 2. The molecule has 3 rings (SSSR count). The summed E-state index contributed by atoms with van der Waals surface area (Å²) in [5, 5.41) is 19.4. The Kier molecular flexibility index (Phi) is 6.59. The van der Waals surface area contributed by atoms with Gasteiger partial charge in [0.1, 0.15) is 5.69 Å². The van der Waals surface area contributed by atoms with Gasteiger partial charge in [0.25, 0.3) is 16.8 Å². The third-order valence-corrected chi connectivity index (χ3v) is 4.73. The van der Waals surface area contributed by atoms with E-state index in [1.165, 1.54) is 23.0 Å². The van der Waals surface area contributed by atoms with Crippen molar-refractivity contribution in [1.82, 2.24) is 20.1 Å². The molecule has 8 nitrogen and oxygen atoms in total. The highest BCUT2D eigenvalue weighted by Crippen LogP contribution is 2.25. The van der Waals surface area contributed by atoms with Gasteiger partial charge < -0.3 is 10.6 Å². The first-order valence-electron chi connectivity index (χ1n) is 9.26. The Morgan fingerprint density at radius 1 is 1.26 bits per heavy atom. The van der Waals surface area contributed by atoms with Crippen molar-refractivity contribution < 1.29 is 21.2 Å². The van der Waals surface area contributed by atoms with E-state index >= 15 is 0 Å². The van der Waals surface area contributed by atoms with Gasteiger partial charge in [0, 0.05) is 24.4 Å². The molecule has 2 amide bonds. The van der Waals surface area contributed by atoms with Crippen LogP contribution in [0.1, 0.15) is 45.8 Å². The molecule has 0 fully saturated rings. The molecule has 0 atom stereocenters. The number of benzene rings is 1. The minimum Gasteiger partial charge on any atom is -0.350 e. The second-order valence-electron chi connectivity index (χ2n) is 7.00. The topological polar surface area (TPSA) is 113 Å². The van der Waals surface area contributed by atoms with E-state index in [4.69, 9.17) is 23.2 Å². The molecule has 0 saturated carbocycles. The van der Waals surface area contributed by atoms with Crippen molar-refractivity contribution in [1.29, 1.82) is 5.26 Å². The van der Waals surface area contributed by atoms with Crippen LogP contribution < -0.4 is 10.6 Å². The molecule has 2 heterocycles. The SMILES string of the molecule is Cc1cc(C#N)cc(C(=O)NC(C)C)c1NC(=O)c1cc(Cl)nn1-c1ncccc1[ClH+]. The second kappa shape index (κ2) is 9.16. The van der Waals surface area contributed by atoms with Crippen LogP contribution in [0.5, 0.6) is 0 Å². The normalized spacial score (nSPS) is 10.6. The number of carbonyl (C=O) groups excluding carboxylic acids is 2. The number of hydrogen-bond acceptors (Lipinski definition) is 5. The van der Waals surface area contributed by atoms with Crippen LogP contribution in [0.2, 0.25) is 10.2 Å². The highest BCUT2D eigenvalue weighted by Gasteiger charge is 2.24. The fourth-order valence-corrected chi connectivity index (χ4v) is 3.33. The monoisotopic (exact) mass is 457 g/mol. The predicted octanol–water partition coefficient (Wildman–Crippen LogP) is 3.19. The molecular formula is C21H19Cl2N6O2+. The first kappa shape index (κ1) is 22.3. The summed E-state index contributed by atoms with van der Waals surface area (Å²) in [6, 6.07) is 9.64. The standard InChI is InChI=1S/C21H18Cl2N6O2/c1-11(2)26-20(30)14-8-13(10-24)7-12(3)18(14)27-21(31)16-9-17(23)28-29(16)19-15(22)5-4-6-25-19/h4-9,11,22H,1-3H3,(H-,26,27,30,31)/p+1. The maximum atomic E-state index is 13.1. The van der Waals surface area contributed by atoms with E-state index in [-0.39, 0.29) is 34.0 Å². The van der Waals surface area contributed by atoms with E-state index in [1.54, 1.807) is 25.1 Å². The number of nitrogens with zero attached hydrogens (tertiary/aromatic N) is 4. The van der Waals surface area contributed by atoms with Gasteiger partial charge in [-0.15, -0.1) is 0 Å². The van der Waals surface area contributed by atoms with Gasteiger partial charge in [-0.25, -0.2) is 9.67 Å². The minimum atomic E-state index is -0.564. The van der Waals surface area contributed by atoms with Crippen molar-refractivity contribution in [2.75, 3.05) is 5.32 Å². The lowest BCUT2D eigenvalue weighted by Crippen LogP contribution is -2.31. The number of aromatic nitrogens is 3. The van der Waals surface area contributed by atoms with E-state index in [0.717, 1.165) is 0 Å². The molecule has 3 aromatic rings. The number of carbonyl (C=O) groups is 2. The van der Waals surface area contributed by atoms with Gasteiger partial charge in [-0.05, 0) is 44.5 Å². The molecule has 158 valence electrons. The highest BCUT2D eigenvalue weighted by molar-refractivity contribution is 6.30. The van der Waals surface area contributed by atoms with Gasteiger partial charge in [-0.2, -0.15) is 10.4 Å².